The van der Waals surface area contributed by atoms with E-state index in [2.05, 4.69) is 17.4 Å². The van der Waals surface area contributed by atoms with Gasteiger partial charge in [0.2, 0.25) is 5.91 Å². The Morgan fingerprint density at radius 3 is 2.71 bits per heavy atom. The molecule has 116 valence electrons. The molecule has 1 aromatic rings. The third-order valence-corrected chi connectivity index (χ3v) is 3.87. The van der Waals surface area contributed by atoms with Crippen LogP contribution in [0.2, 0.25) is 0 Å². The first-order valence-corrected chi connectivity index (χ1v) is 7.72. The van der Waals surface area contributed by atoms with Gasteiger partial charge in [-0.2, -0.15) is 0 Å². The van der Waals surface area contributed by atoms with Crippen LogP contribution in [0.5, 0.6) is 0 Å². The van der Waals surface area contributed by atoms with Crippen molar-refractivity contribution in [2.24, 2.45) is 5.92 Å². The summed E-state index contributed by atoms with van der Waals surface area (Å²) in [6.45, 7) is 2.06. The Bertz CT molecular complexity index is 432. The Hall–Kier alpha value is -1.39. The normalized spacial score (nSPS) is 16.0. The lowest BCUT2D eigenvalue weighted by Gasteiger charge is -2.21. The summed E-state index contributed by atoms with van der Waals surface area (Å²) in [7, 11) is 3.68. The molecule has 1 aliphatic carbocycles. The summed E-state index contributed by atoms with van der Waals surface area (Å²) in [4.78, 5) is 14.3. The molecule has 2 rings (SSSR count). The van der Waals surface area contributed by atoms with Crippen LogP contribution in [0.15, 0.2) is 30.3 Å². The molecule has 0 aliphatic heterocycles. The number of methoxy groups -OCH3 is 1. The summed E-state index contributed by atoms with van der Waals surface area (Å²) in [5.74, 6) is 0.714. The lowest BCUT2D eigenvalue weighted by atomic mass is 10.0. The van der Waals surface area contributed by atoms with Crippen molar-refractivity contribution in [2.45, 2.75) is 25.3 Å². The van der Waals surface area contributed by atoms with Gasteiger partial charge >= 0.3 is 0 Å². The SMILES string of the molecule is COCCCN(C)CC(=O)NC(c1ccccc1)C1CC1. The number of carbonyl (C=O) groups is 1. The first kappa shape index (κ1) is 16.0. The van der Waals surface area contributed by atoms with Crippen molar-refractivity contribution in [3.63, 3.8) is 0 Å². The topological polar surface area (TPSA) is 41.6 Å². The molecule has 1 amide bonds. The molecule has 21 heavy (non-hydrogen) atoms. The van der Waals surface area contributed by atoms with Gasteiger partial charge in [-0.05, 0) is 37.8 Å². The van der Waals surface area contributed by atoms with E-state index in [1.807, 2.05) is 30.1 Å². The number of carbonyl (C=O) groups excluding carboxylic acids is 1. The lowest BCUT2D eigenvalue weighted by Crippen LogP contribution is -2.38. The molecule has 1 aliphatic rings. The zero-order chi connectivity index (χ0) is 15.1. The fraction of sp³-hybridized carbons (Fsp3) is 0.588. The highest BCUT2D eigenvalue weighted by Gasteiger charge is 2.33. The van der Waals surface area contributed by atoms with E-state index < -0.39 is 0 Å². The van der Waals surface area contributed by atoms with Crippen molar-refractivity contribution in [2.75, 3.05) is 33.9 Å². The molecular weight excluding hydrogens is 264 g/mol. The Labute approximate surface area is 127 Å². The van der Waals surface area contributed by atoms with E-state index in [4.69, 9.17) is 4.74 Å². The van der Waals surface area contributed by atoms with Crippen molar-refractivity contribution in [1.29, 1.82) is 0 Å². The van der Waals surface area contributed by atoms with Crippen LogP contribution < -0.4 is 5.32 Å². The van der Waals surface area contributed by atoms with Gasteiger partial charge in [0.25, 0.3) is 0 Å². The second kappa shape index (κ2) is 8.15. The number of hydrogen-bond donors (Lipinski definition) is 1. The Morgan fingerprint density at radius 2 is 2.10 bits per heavy atom. The highest BCUT2D eigenvalue weighted by Crippen LogP contribution is 2.40. The van der Waals surface area contributed by atoms with E-state index in [0.29, 0.717) is 12.5 Å². The maximum Gasteiger partial charge on any atom is 0.234 e. The Balaban J connectivity index is 1.82. The van der Waals surface area contributed by atoms with Crippen LogP contribution in [0.4, 0.5) is 0 Å². The smallest absolute Gasteiger partial charge is 0.234 e. The average molecular weight is 290 g/mol. The van der Waals surface area contributed by atoms with Gasteiger partial charge in [-0.3, -0.25) is 9.69 Å². The Kier molecular flexibility index (Phi) is 6.21. The minimum atomic E-state index is 0.107. The zero-order valence-corrected chi connectivity index (χ0v) is 13.0. The maximum absolute atomic E-state index is 12.2. The third kappa shape index (κ3) is 5.48. The van der Waals surface area contributed by atoms with Crippen LogP contribution in [-0.2, 0) is 9.53 Å². The highest BCUT2D eigenvalue weighted by atomic mass is 16.5. The van der Waals surface area contributed by atoms with Gasteiger partial charge in [0.05, 0.1) is 12.6 Å². The largest absolute Gasteiger partial charge is 0.385 e. The molecule has 4 nitrogen and oxygen atoms in total. The first-order valence-electron chi connectivity index (χ1n) is 7.72. The highest BCUT2D eigenvalue weighted by molar-refractivity contribution is 5.78. The molecule has 4 heteroatoms. The van der Waals surface area contributed by atoms with Gasteiger partial charge in [0, 0.05) is 20.3 Å². The summed E-state index contributed by atoms with van der Waals surface area (Å²) in [6.07, 6.45) is 3.37. The fourth-order valence-corrected chi connectivity index (χ4v) is 2.59. The van der Waals surface area contributed by atoms with Crippen molar-refractivity contribution < 1.29 is 9.53 Å². The molecule has 1 unspecified atom stereocenters. The van der Waals surface area contributed by atoms with Gasteiger partial charge in [-0.15, -0.1) is 0 Å². The first-order chi connectivity index (χ1) is 10.2. The quantitative estimate of drug-likeness (QED) is 0.709. The molecule has 1 saturated carbocycles. The molecule has 1 aromatic carbocycles. The number of likely N-dealkylation sites (N-methyl/N-ethyl adjacent to an activating group) is 1. The van der Waals surface area contributed by atoms with Gasteiger partial charge < -0.3 is 10.1 Å². The summed E-state index contributed by atoms with van der Waals surface area (Å²) in [6, 6.07) is 10.5. The van der Waals surface area contributed by atoms with Crippen molar-refractivity contribution in [1.82, 2.24) is 10.2 Å². The van der Waals surface area contributed by atoms with E-state index in [1.165, 1.54) is 18.4 Å². The number of benzene rings is 1. The minimum absolute atomic E-state index is 0.107. The van der Waals surface area contributed by atoms with E-state index >= 15 is 0 Å². The molecular formula is C17H26N2O2. The van der Waals surface area contributed by atoms with Crippen LogP contribution in [0.1, 0.15) is 30.9 Å². The molecule has 0 radical (unpaired) electrons. The van der Waals surface area contributed by atoms with Crippen LogP contribution in [-0.4, -0.2) is 44.7 Å². The van der Waals surface area contributed by atoms with E-state index in [1.54, 1.807) is 7.11 Å². The third-order valence-electron chi connectivity index (χ3n) is 3.87. The number of ether oxygens (including phenoxy) is 1. The lowest BCUT2D eigenvalue weighted by molar-refractivity contribution is -0.122. The molecule has 1 atom stereocenters. The summed E-state index contributed by atoms with van der Waals surface area (Å²) < 4.78 is 5.03. The molecule has 0 aromatic heterocycles. The number of hydrogen-bond acceptors (Lipinski definition) is 3. The van der Waals surface area contributed by atoms with Crippen molar-refractivity contribution >= 4 is 5.91 Å². The predicted octanol–water partition coefficient (Wildman–Crippen LogP) is 2.22. The second-order valence-electron chi connectivity index (χ2n) is 5.88. The fourth-order valence-electron chi connectivity index (χ4n) is 2.59. The molecule has 0 bridgehead atoms. The van der Waals surface area contributed by atoms with Crippen molar-refractivity contribution in [3.8, 4) is 0 Å². The molecule has 0 heterocycles. The van der Waals surface area contributed by atoms with E-state index in [9.17, 15) is 4.79 Å². The van der Waals surface area contributed by atoms with Gasteiger partial charge in [0.1, 0.15) is 0 Å². The maximum atomic E-state index is 12.2. The summed E-state index contributed by atoms with van der Waals surface area (Å²) >= 11 is 0. The van der Waals surface area contributed by atoms with Crippen LogP contribution in [0, 0.1) is 5.92 Å². The molecule has 1 fully saturated rings. The second-order valence-corrected chi connectivity index (χ2v) is 5.88. The minimum Gasteiger partial charge on any atom is -0.385 e. The van der Waals surface area contributed by atoms with Crippen LogP contribution in [0.3, 0.4) is 0 Å². The number of nitrogens with one attached hydrogen (secondary N) is 1. The van der Waals surface area contributed by atoms with Gasteiger partial charge in [-0.25, -0.2) is 0 Å². The number of nitrogens with zero attached hydrogens (tertiary/aromatic N) is 1. The molecule has 0 saturated heterocycles. The standard InChI is InChI=1S/C17H26N2O2/c1-19(11-6-12-21-2)13-16(20)18-17(15-9-10-15)14-7-4-3-5-8-14/h3-5,7-8,15,17H,6,9-13H2,1-2H3,(H,18,20). The van der Waals surface area contributed by atoms with Gasteiger partial charge in [-0.1, -0.05) is 30.3 Å². The zero-order valence-electron chi connectivity index (χ0n) is 13.0. The van der Waals surface area contributed by atoms with Crippen LogP contribution >= 0.6 is 0 Å². The number of rotatable bonds is 9. The monoisotopic (exact) mass is 290 g/mol. The average Bonchev–Trinajstić information content (AvgIpc) is 3.30. The van der Waals surface area contributed by atoms with Crippen LogP contribution in [0.25, 0.3) is 0 Å². The summed E-state index contributed by atoms with van der Waals surface area (Å²) in [5.41, 5.74) is 1.22. The molecule has 1 N–H and O–H groups in total. The molecule has 0 spiro atoms. The van der Waals surface area contributed by atoms with Gasteiger partial charge in [0.15, 0.2) is 0 Å². The number of amides is 1. The Morgan fingerprint density at radius 1 is 1.38 bits per heavy atom. The predicted molar refractivity (Wildman–Crippen MR) is 84.0 cm³/mol. The van der Waals surface area contributed by atoms with Crippen molar-refractivity contribution in [3.05, 3.63) is 35.9 Å². The van der Waals surface area contributed by atoms with E-state index in [0.717, 1.165) is 19.6 Å². The summed E-state index contributed by atoms with van der Waals surface area (Å²) in [5, 5.41) is 3.20. The van der Waals surface area contributed by atoms with E-state index in [-0.39, 0.29) is 11.9 Å².